The maximum Gasteiger partial charge on any atom is 0.159 e. The first-order valence-corrected chi connectivity index (χ1v) is 6.51. The highest BCUT2D eigenvalue weighted by molar-refractivity contribution is 7.91. The van der Waals surface area contributed by atoms with Gasteiger partial charge >= 0.3 is 0 Å². The van der Waals surface area contributed by atoms with E-state index in [-0.39, 0.29) is 5.75 Å². The number of sulfone groups is 1. The van der Waals surface area contributed by atoms with Gasteiger partial charge in [0, 0.05) is 12.4 Å². The lowest BCUT2D eigenvalue weighted by atomic mass is 10.2. The molecule has 0 N–H and O–H groups in total. The van der Waals surface area contributed by atoms with Crippen molar-refractivity contribution in [2.75, 3.05) is 0 Å². The van der Waals surface area contributed by atoms with Crippen molar-refractivity contribution >= 4 is 9.84 Å². The molecule has 0 bridgehead atoms. The van der Waals surface area contributed by atoms with E-state index in [0.29, 0.717) is 0 Å². The fourth-order valence-electron chi connectivity index (χ4n) is 1.09. The molecule has 0 atom stereocenters. The Balaban J connectivity index is 3.03. The van der Waals surface area contributed by atoms with Crippen molar-refractivity contribution in [2.24, 2.45) is 0 Å². The van der Waals surface area contributed by atoms with E-state index in [9.17, 15) is 8.42 Å². The molecule has 4 heteroatoms. The molecule has 0 saturated carbocycles. The van der Waals surface area contributed by atoms with Crippen molar-refractivity contribution in [2.45, 2.75) is 38.2 Å². The van der Waals surface area contributed by atoms with Crippen LogP contribution in [-0.2, 0) is 15.6 Å². The van der Waals surface area contributed by atoms with Gasteiger partial charge in [0.05, 0.1) is 10.5 Å². The zero-order valence-electron chi connectivity index (χ0n) is 9.61. The lowest BCUT2D eigenvalue weighted by molar-refractivity contribution is 0.559. The number of aromatic nitrogens is 1. The summed E-state index contributed by atoms with van der Waals surface area (Å²) in [6.07, 6.45) is 3.31. The number of hydrogen-bond donors (Lipinski definition) is 0. The number of aryl methyl sites for hydroxylation is 1. The van der Waals surface area contributed by atoms with Gasteiger partial charge in [0.25, 0.3) is 0 Å². The first kappa shape index (κ1) is 12.2. The van der Waals surface area contributed by atoms with Crippen molar-refractivity contribution in [1.29, 1.82) is 0 Å². The van der Waals surface area contributed by atoms with Gasteiger partial charge in [-0.2, -0.15) is 0 Å². The Morgan fingerprint density at radius 2 is 1.93 bits per heavy atom. The third kappa shape index (κ3) is 2.78. The molecule has 3 nitrogen and oxygen atoms in total. The highest BCUT2D eigenvalue weighted by Crippen LogP contribution is 2.21. The minimum absolute atomic E-state index is 0.0881. The zero-order valence-corrected chi connectivity index (χ0v) is 10.4. The van der Waals surface area contributed by atoms with E-state index in [0.717, 1.165) is 11.1 Å². The molecule has 1 rings (SSSR count). The minimum atomic E-state index is -3.10. The highest BCUT2D eigenvalue weighted by Gasteiger charge is 2.29. The molecular formula is C11H17NO2S. The van der Waals surface area contributed by atoms with Gasteiger partial charge in [-0.1, -0.05) is 0 Å². The summed E-state index contributed by atoms with van der Waals surface area (Å²) < 4.78 is 23.2. The van der Waals surface area contributed by atoms with Gasteiger partial charge in [-0.15, -0.1) is 0 Å². The van der Waals surface area contributed by atoms with Crippen molar-refractivity contribution in [3.8, 4) is 0 Å². The predicted octanol–water partition coefficient (Wildman–Crippen LogP) is 2.10. The quantitative estimate of drug-likeness (QED) is 0.777. The van der Waals surface area contributed by atoms with E-state index < -0.39 is 14.6 Å². The fraction of sp³-hybridized carbons (Fsp3) is 0.545. The molecule has 1 aromatic heterocycles. The van der Waals surface area contributed by atoms with Crippen LogP contribution in [0.1, 0.15) is 31.9 Å². The van der Waals surface area contributed by atoms with E-state index in [1.165, 1.54) is 0 Å². The first-order valence-electron chi connectivity index (χ1n) is 4.86. The molecule has 0 spiro atoms. The lowest BCUT2D eigenvalue weighted by Gasteiger charge is -2.19. The molecule has 0 aliphatic rings. The SMILES string of the molecule is Cc1cnccc1CS(=O)(=O)C(C)(C)C. The molecule has 0 aromatic carbocycles. The Morgan fingerprint density at radius 1 is 1.33 bits per heavy atom. The van der Waals surface area contributed by atoms with E-state index in [1.54, 1.807) is 39.2 Å². The van der Waals surface area contributed by atoms with Gasteiger partial charge in [-0.3, -0.25) is 4.98 Å². The topological polar surface area (TPSA) is 47.0 Å². The van der Waals surface area contributed by atoms with Crippen LogP contribution in [0.5, 0.6) is 0 Å². The average Bonchev–Trinajstić information content (AvgIpc) is 2.06. The number of hydrogen-bond acceptors (Lipinski definition) is 3. The van der Waals surface area contributed by atoms with E-state index in [1.807, 2.05) is 6.92 Å². The molecule has 15 heavy (non-hydrogen) atoms. The normalized spacial score (nSPS) is 12.8. The van der Waals surface area contributed by atoms with Gasteiger partial charge < -0.3 is 0 Å². The van der Waals surface area contributed by atoms with Crippen molar-refractivity contribution in [3.05, 3.63) is 29.6 Å². The molecule has 0 saturated heterocycles. The van der Waals surface area contributed by atoms with Crippen LogP contribution in [0.2, 0.25) is 0 Å². The Morgan fingerprint density at radius 3 is 2.40 bits per heavy atom. The van der Waals surface area contributed by atoms with Crippen LogP contribution in [0, 0.1) is 6.92 Å². The van der Waals surface area contributed by atoms with Crippen LogP contribution >= 0.6 is 0 Å². The van der Waals surface area contributed by atoms with Gasteiger partial charge in [-0.25, -0.2) is 8.42 Å². The second-order valence-electron chi connectivity index (χ2n) is 4.67. The van der Waals surface area contributed by atoms with Crippen LogP contribution in [0.4, 0.5) is 0 Å². The standard InChI is InChI=1S/C11H17NO2S/c1-9-7-12-6-5-10(9)8-15(13,14)11(2,3)4/h5-7H,8H2,1-4H3. The summed E-state index contributed by atoms with van der Waals surface area (Å²) in [5, 5.41) is 0. The zero-order chi connectivity index (χ0) is 11.7. The van der Waals surface area contributed by atoms with Crippen molar-refractivity contribution in [1.82, 2.24) is 4.98 Å². The third-order valence-corrected chi connectivity index (χ3v) is 4.97. The van der Waals surface area contributed by atoms with Gasteiger partial charge in [0.1, 0.15) is 0 Å². The van der Waals surface area contributed by atoms with Crippen LogP contribution in [0.25, 0.3) is 0 Å². The summed E-state index contributed by atoms with van der Waals surface area (Å²) in [5.41, 5.74) is 1.75. The molecule has 84 valence electrons. The van der Waals surface area contributed by atoms with Crippen LogP contribution in [0.15, 0.2) is 18.5 Å². The monoisotopic (exact) mass is 227 g/mol. The minimum Gasteiger partial charge on any atom is -0.264 e. The van der Waals surface area contributed by atoms with Crippen LogP contribution in [-0.4, -0.2) is 18.1 Å². The Kier molecular flexibility index (Phi) is 3.19. The van der Waals surface area contributed by atoms with Crippen molar-refractivity contribution < 1.29 is 8.42 Å². The van der Waals surface area contributed by atoms with Crippen molar-refractivity contribution in [3.63, 3.8) is 0 Å². The largest absolute Gasteiger partial charge is 0.264 e. The lowest BCUT2D eigenvalue weighted by Crippen LogP contribution is -2.29. The second kappa shape index (κ2) is 3.93. The maximum atomic E-state index is 12.0. The van der Waals surface area contributed by atoms with Crippen LogP contribution < -0.4 is 0 Å². The number of rotatable bonds is 2. The maximum absolute atomic E-state index is 12.0. The second-order valence-corrected chi connectivity index (χ2v) is 7.42. The molecule has 0 amide bonds. The Bertz CT molecular complexity index is 444. The number of nitrogens with zero attached hydrogens (tertiary/aromatic N) is 1. The van der Waals surface area contributed by atoms with Gasteiger partial charge in [0.2, 0.25) is 0 Å². The van der Waals surface area contributed by atoms with E-state index in [2.05, 4.69) is 4.98 Å². The molecular weight excluding hydrogens is 210 g/mol. The predicted molar refractivity (Wildman–Crippen MR) is 61.4 cm³/mol. The first-order chi connectivity index (χ1) is 6.74. The summed E-state index contributed by atoms with van der Waals surface area (Å²) in [5.74, 6) is 0.0881. The molecule has 0 aliphatic carbocycles. The summed E-state index contributed by atoms with van der Waals surface area (Å²) >= 11 is 0. The summed E-state index contributed by atoms with van der Waals surface area (Å²) in [7, 11) is -3.10. The summed E-state index contributed by atoms with van der Waals surface area (Å²) in [4.78, 5) is 3.94. The molecule has 0 unspecified atom stereocenters. The smallest absolute Gasteiger partial charge is 0.159 e. The van der Waals surface area contributed by atoms with Gasteiger partial charge in [-0.05, 0) is 44.9 Å². The highest BCUT2D eigenvalue weighted by atomic mass is 32.2. The third-order valence-electron chi connectivity index (χ3n) is 2.42. The summed E-state index contributed by atoms with van der Waals surface area (Å²) in [6, 6.07) is 1.76. The van der Waals surface area contributed by atoms with Gasteiger partial charge in [0.15, 0.2) is 9.84 Å². The summed E-state index contributed by atoms with van der Waals surface area (Å²) in [6.45, 7) is 7.04. The van der Waals surface area contributed by atoms with Crippen LogP contribution in [0.3, 0.4) is 0 Å². The molecule has 0 fully saturated rings. The van der Waals surface area contributed by atoms with E-state index in [4.69, 9.17) is 0 Å². The molecule has 1 aromatic rings. The Labute approximate surface area is 91.5 Å². The molecule has 0 aliphatic heterocycles. The number of pyridine rings is 1. The molecule has 0 radical (unpaired) electrons. The fourth-order valence-corrected chi connectivity index (χ4v) is 2.25. The molecule has 1 heterocycles. The van der Waals surface area contributed by atoms with E-state index >= 15 is 0 Å². The Hall–Kier alpha value is -0.900. The average molecular weight is 227 g/mol.